The summed E-state index contributed by atoms with van der Waals surface area (Å²) in [4.78, 5) is 48.8. The molecule has 0 amide bonds. The molecule has 3 atom stereocenters. The first-order chi connectivity index (χ1) is 39.2. The van der Waals surface area contributed by atoms with Gasteiger partial charge in [0.05, 0.1) is 19.8 Å². The number of aliphatic hydroxyl groups excluding tert-OH is 1. The van der Waals surface area contributed by atoms with Gasteiger partial charge in [0.1, 0.15) is 12.7 Å². The predicted molar refractivity (Wildman–Crippen MR) is 334 cm³/mol. The van der Waals surface area contributed by atoms with Crippen molar-refractivity contribution in [3.05, 3.63) is 85.1 Å². The smallest absolute Gasteiger partial charge is 0.462 e. The number of phosphoric ester groups is 1. The van der Waals surface area contributed by atoms with Crippen LogP contribution in [-0.4, -0.2) is 66.5 Å². The zero-order valence-electron chi connectivity index (χ0n) is 51.3. The molecule has 0 saturated carbocycles. The lowest BCUT2D eigenvalue weighted by atomic mass is 10.1. The van der Waals surface area contributed by atoms with E-state index in [1.54, 1.807) is 0 Å². The van der Waals surface area contributed by atoms with Crippen LogP contribution in [0, 0.1) is 0 Å². The van der Waals surface area contributed by atoms with Gasteiger partial charge >= 0.3 is 25.7 Å². The fourth-order valence-corrected chi connectivity index (χ4v) is 9.63. The molecule has 0 spiro atoms. The maximum Gasteiger partial charge on any atom is 0.472 e. The number of aliphatic hydroxyl groups is 1. The summed E-state index contributed by atoms with van der Waals surface area (Å²) in [5, 5.41) is 9.86. The average Bonchev–Trinajstić information content (AvgIpc) is 3.45. The molecule has 3 unspecified atom stereocenters. The van der Waals surface area contributed by atoms with Crippen LogP contribution in [0.25, 0.3) is 0 Å². The van der Waals surface area contributed by atoms with Crippen LogP contribution in [0.15, 0.2) is 85.1 Å². The Bertz CT molecular complexity index is 1670. The SMILES string of the molecule is CC/C=C\C/C=C\C/C=C\C/C=C\CCCCCCCCC(=O)OCC(COP(=O)(O)OCC(CO)OC(=O)CCCCCCCCC/C=C\CCCCCCCC)OC(=O)CCCCCCCCC/C=C\C/C=C\CCCCC. The molecule has 2 N–H and O–H groups in total. The average molecular weight is 1140 g/mol. The fourth-order valence-electron chi connectivity index (χ4n) is 8.84. The number of ether oxygens (including phenoxy) is 3. The second-order valence-corrected chi connectivity index (χ2v) is 23.0. The Kier molecular flexibility index (Phi) is 59.1. The van der Waals surface area contributed by atoms with Crippen LogP contribution in [0.1, 0.15) is 290 Å². The van der Waals surface area contributed by atoms with Crippen molar-refractivity contribution < 1.29 is 52.2 Å². The van der Waals surface area contributed by atoms with Gasteiger partial charge in [0.25, 0.3) is 0 Å². The number of carbonyl (C=O) groups is 3. The van der Waals surface area contributed by atoms with Crippen molar-refractivity contribution in [2.75, 3.05) is 26.4 Å². The third-order valence-corrected chi connectivity index (χ3v) is 14.7. The first-order valence-electron chi connectivity index (χ1n) is 32.5. The fraction of sp³-hybridized carbons (Fsp3) is 0.750. The second-order valence-electron chi connectivity index (χ2n) is 21.5. The van der Waals surface area contributed by atoms with E-state index in [0.717, 1.165) is 128 Å². The van der Waals surface area contributed by atoms with Crippen molar-refractivity contribution in [2.45, 2.75) is 303 Å². The molecule has 0 saturated heterocycles. The first kappa shape index (κ1) is 76.7. The molecule has 0 aliphatic heterocycles. The van der Waals surface area contributed by atoms with Gasteiger partial charge in [-0.15, -0.1) is 0 Å². The number of hydrogen-bond donors (Lipinski definition) is 2. The zero-order chi connectivity index (χ0) is 58.3. The Morgan fingerprint density at radius 2 is 0.650 bits per heavy atom. The van der Waals surface area contributed by atoms with Crippen LogP contribution in [0.2, 0.25) is 0 Å². The van der Waals surface area contributed by atoms with Crippen LogP contribution in [0.4, 0.5) is 0 Å². The van der Waals surface area contributed by atoms with Gasteiger partial charge in [-0.1, -0.05) is 241 Å². The van der Waals surface area contributed by atoms with E-state index in [1.165, 1.54) is 103 Å². The lowest BCUT2D eigenvalue weighted by Gasteiger charge is -2.21. The Hall–Kier alpha value is -3.34. The van der Waals surface area contributed by atoms with E-state index in [1.807, 2.05) is 0 Å². The van der Waals surface area contributed by atoms with Crippen molar-refractivity contribution in [3.63, 3.8) is 0 Å². The van der Waals surface area contributed by atoms with Crippen molar-refractivity contribution in [1.82, 2.24) is 0 Å². The minimum absolute atomic E-state index is 0.153. The van der Waals surface area contributed by atoms with Crippen molar-refractivity contribution in [1.29, 1.82) is 0 Å². The normalized spacial score (nSPS) is 13.8. The summed E-state index contributed by atoms with van der Waals surface area (Å²) < 4.78 is 39.7. The van der Waals surface area contributed by atoms with Gasteiger partial charge in [-0.25, -0.2) is 4.57 Å². The number of phosphoric acid groups is 1. The highest BCUT2D eigenvalue weighted by Gasteiger charge is 2.28. The Balaban J connectivity index is 4.73. The molecular formula is C68H119O11P. The number of allylic oxidation sites excluding steroid dienone is 14. The van der Waals surface area contributed by atoms with E-state index in [4.69, 9.17) is 23.3 Å². The molecule has 80 heavy (non-hydrogen) atoms. The van der Waals surface area contributed by atoms with E-state index >= 15 is 0 Å². The van der Waals surface area contributed by atoms with Gasteiger partial charge in [-0.05, 0) is 116 Å². The molecule has 0 aliphatic carbocycles. The van der Waals surface area contributed by atoms with Crippen LogP contribution < -0.4 is 0 Å². The van der Waals surface area contributed by atoms with Gasteiger partial charge in [0, 0.05) is 19.3 Å². The summed E-state index contributed by atoms with van der Waals surface area (Å²) in [6, 6.07) is 0. The molecule has 462 valence electrons. The topological polar surface area (TPSA) is 155 Å². The highest BCUT2D eigenvalue weighted by molar-refractivity contribution is 7.47. The van der Waals surface area contributed by atoms with E-state index in [0.29, 0.717) is 19.3 Å². The van der Waals surface area contributed by atoms with Gasteiger partial charge in [0.15, 0.2) is 6.10 Å². The molecular weight excluding hydrogens is 1020 g/mol. The third kappa shape index (κ3) is 59.3. The summed E-state index contributed by atoms with van der Waals surface area (Å²) in [7, 11) is -4.76. The molecule has 0 aromatic carbocycles. The molecule has 0 aromatic rings. The van der Waals surface area contributed by atoms with Crippen molar-refractivity contribution in [3.8, 4) is 0 Å². The number of hydrogen-bond acceptors (Lipinski definition) is 10. The minimum atomic E-state index is -4.76. The van der Waals surface area contributed by atoms with E-state index < -0.39 is 57.8 Å². The highest BCUT2D eigenvalue weighted by Crippen LogP contribution is 2.43. The lowest BCUT2D eigenvalue weighted by molar-refractivity contribution is -0.161. The van der Waals surface area contributed by atoms with Crippen LogP contribution in [0.5, 0.6) is 0 Å². The molecule has 0 aromatic heterocycles. The maximum atomic E-state index is 13.0. The summed E-state index contributed by atoms with van der Waals surface area (Å²) in [5.41, 5.74) is 0. The monoisotopic (exact) mass is 1140 g/mol. The van der Waals surface area contributed by atoms with E-state index in [2.05, 4.69) is 106 Å². The Morgan fingerprint density at radius 1 is 0.362 bits per heavy atom. The third-order valence-electron chi connectivity index (χ3n) is 13.8. The number of rotatable bonds is 60. The quantitative estimate of drug-likeness (QED) is 0.0197. The molecule has 0 radical (unpaired) electrons. The van der Waals surface area contributed by atoms with Crippen LogP contribution in [0.3, 0.4) is 0 Å². The van der Waals surface area contributed by atoms with Crippen LogP contribution in [-0.2, 0) is 42.2 Å². The van der Waals surface area contributed by atoms with Crippen LogP contribution >= 0.6 is 7.82 Å². The summed E-state index contributed by atoms with van der Waals surface area (Å²) in [6.45, 7) is 4.51. The molecule has 0 fully saturated rings. The minimum Gasteiger partial charge on any atom is -0.462 e. The maximum absolute atomic E-state index is 13.0. The molecule has 11 nitrogen and oxygen atoms in total. The Morgan fingerprint density at radius 3 is 1.04 bits per heavy atom. The van der Waals surface area contributed by atoms with Gasteiger partial charge in [0.2, 0.25) is 0 Å². The van der Waals surface area contributed by atoms with Crippen molar-refractivity contribution >= 4 is 25.7 Å². The van der Waals surface area contributed by atoms with Gasteiger partial charge < -0.3 is 24.2 Å². The zero-order valence-corrected chi connectivity index (χ0v) is 52.2. The molecule has 0 bridgehead atoms. The molecule has 0 aliphatic rings. The van der Waals surface area contributed by atoms with Crippen molar-refractivity contribution in [2.24, 2.45) is 0 Å². The highest BCUT2D eigenvalue weighted by atomic mass is 31.2. The standard InChI is InChI=1S/C68H119O11P/c1-4-7-10-13-16-19-22-25-28-31-32-35-36-39-42-45-48-51-54-57-66(70)75-61-65(79-68(72)59-56-53-50-47-44-41-38-34-30-27-24-21-18-15-12-9-6-3)63-77-80(73,74)76-62-64(60-69)78-67(71)58-55-52-49-46-43-40-37-33-29-26-23-20-17-14-11-8-5-2/h7,10,16,18-19,21,25-30,32,35,64-65,69H,4-6,8-9,11-15,17,20,22-24,31,33-34,36-63H2,1-3H3,(H,73,74)/b10-7-,19-16-,21-18-,28-25-,29-26-,30-27-,35-32-. The molecule has 0 heterocycles. The van der Waals surface area contributed by atoms with E-state index in [-0.39, 0.29) is 25.9 Å². The number of carbonyl (C=O) groups excluding carboxylic acids is 3. The largest absolute Gasteiger partial charge is 0.472 e. The predicted octanol–water partition coefficient (Wildman–Crippen LogP) is 19.8. The second kappa shape index (κ2) is 61.7. The number of unbranched alkanes of at least 4 members (excludes halogenated alkanes) is 29. The van der Waals surface area contributed by atoms with Gasteiger partial charge in [-0.2, -0.15) is 0 Å². The Labute approximate surface area is 490 Å². The summed E-state index contributed by atoms with van der Waals surface area (Å²) in [6.07, 6.45) is 72.4. The number of esters is 3. The lowest BCUT2D eigenvalue weighted by Crippen LogP contribution is -2.30. The summed E-state index contributed by atoms with van der Waals surface area (Å²) in [5.74, 6) is -1.49. The van der Waals surface area contributed by atoms with E-state index in [9.17, 15) is 28.9 Å². The summed E-state index contributed by atoms with van der Waals surface area (Å²) >= 11 is 0. The van der Waals surface area contributed by atoms with Gasteiger partial charge in [-0.3, -0.25) is 23.4 Å². The molecule has 0 rings (SSSR count). The first-order valence-corrected chi connectivity index (χ1v) is 34.0. The molecule has 12 heteroatoms.